The molecule has 4 rings (SSSR count). The Balaban J connectivity index is 1.76. The molecule has 94 valence electrons. The molecule has 1 aromatic rings. The van der Waals surface area contributed by atoms with Gasteiger partial charge in [0.2, 0.25) is 5.91 Å². The fraction of sp³-hybridized carbons (Fsp3) is 0.562. The van der Waals surface area contributed by atoms with Crippen LogP contribution < -0.4 is 5.32 Å². The van der Waals surface area contributed by atoms with E-state index in [-0.39, 0.29) is 17.4 Å². The Kier molecular flexibility index (Phi) is 2.12. The predicted octanol–water partition coefficient (Wildman–Crippen LogP) is 3.05. The standard InChI is InChI=1S/C16H19NO/c18-14-10-16(9-11-6-7-13(16)8-11)15(17-14)12-4-2-1-3-5-12/h1-5,11,13,15H,6-10H2,(H,17,18). The summed E-state index contributed by atoms with van der Waals surface area (Å²) in [7, 11) is 0. The third-order valence-corrected chi connectivity index (χ3v) is 5.53. The van der Waals surface area contributed by atoms with E-state index in [0.29, 0.717) is 0 Å². The van der Waals surface area contributed by atoms with Crippen molar-refractivity contribution in [3.8, 4) is 0 Å². The number of benzene rings is 1. The smallest absolute Gasteiger partial charge is 0.221 e. The summed E-state index contributed by atoms with van der Waals surface area (Å²) in [4.78, 5) is 12.0. The molecule has 4 unspecified atom stereocenters. The van der Waals surface area contributed by atoms with Crippen LogP contribution in [0.4, 0.5) is 0 Å². The second kappa shape index (κ2) is 3.59. The van der Waals surface area contributed by atoms with Crippen LogP contribution >= 0.6 is 0 Å². The predicted molar refractivity (Wildman–Crippen MR) is 69.8 cm³/mol. The molecule has 2 aliphatic carbocycles. The third kappa shape index (κ3) is 1.32. The Hall–Kier alpha value is -1.31. The summed E-state index contributed by atoms with van der Waals surface area (Å²) in [6.45, 7) is 0. The maximum absolute atomic E-state index is 12.0. The van der Waals surface area contributed by atoms with Crippen molar-refractivity contribution >= 4 is 5.91 Å². The number of carbonyl (C=O) groups is 1. The van der Waals surface area contributed by atoms with Crippen LogP contribution in [-0.2, 0) is 4.79 Å². The van der Waals surface area contributed by atoms with Gasteiger partial charge in [-0.2, -0.15) is 0 Å². The van der Waals surface area contributed by atoms with E-state index in [9.17, 15) is 4.79 Å². The molecule has 4 atom stereocenters. The Morgan fingerprint density at radius 1 is 1.17 bits per heavy atom. The van der Waals surface area contributed by atoms with Crippen LogP contribution in [0, 0.1) is 17.3 Å². The van der Waals surface area contributed by atoms with Crippen molar-refractivity contribution in [2.24, 2.45) is 17.3 Å². The Labute approximate surface area is 108 Å². The molecule has 3 fully saturated rings. The van der Waals surface area contributed by atoms with Crippen LogP contribution in [-0.4, -0.2) is 5.91 Å². The molecule has 1 amide bonds. The van der Waals surface area contributed by atoms with Crippen LogP contribution in [0.1, 0.15) is 43.7 Å². The quantitative estimate of drug-likeness (QED) is 0.804. The molecule has 1 aromatic carbocycles. The van der Waals surface area contributed by atoms with Crippen LogP contribution in [0.25, 0.3) is 0 Å². The van der Waals surface area contributed by atoms with Gasteiger partial charge in [0.15, 0.2) is 0 Å². The lowest BCUT2D eigenvalue weighted by Crippen LogP contribution is -2.34. The Bertz CT molecular complexity index is 483. The number of hydrogen-bond donors (Lipinski definition) is 1. The first-order chi connectivity index (χ1) is 8.78. The van der Waals surface area contributed by atoms with E-state index in [4.69, 9.17) is 0 Å². The van der Waals surface area contributed by atoms with E-state index in [1.54, 1.807) is 0 Å². The highest BCUT2D eigenvalue weighted by atomic mass is 16.2. The molecule has 1 aliphatic heterocycles. The summed E-state index contributed by atoms with van der Waals surface area (Å²) in [6, 6.07) is 10.8. The van der Waals surface area contributed by atoms with Crippen molar-refractivity contribution in [1.29, 1.82) is 0 Å². The van der Waals surface area contributed by atoms with Gasteiger partial charge in [0.1, 0.15) is 0 Å². The summed E-state index contributed by atoms with van der Waals surface area (Å²) < 4.78 is 0. The monoisotopic (exact) mass is 241 g/mol. The number of nitrogens with one attached hydrogen (secondary N) is 1. The fourth-order valence-electron chi connectivity index (χ4n) is 4.87. The highest BCUT2D eigenvalue weighted by Gasteiger charge is 2.59. The van der Waals surface area contributed by atoms with Gasteiger partial charge in [-0.15, -0.1) is 0 Å². The zero-order valence-electron chi connectivity index (χ0n) is 10.6. The van der Waals surface area contributed by atoms with Crippen molar-refractivity contribution < 1.29 is 4.79 Å². The minimum Gasteiger partial charge on any atom is -0.349 e. The number of hydrogen-bond acceptors (Lipinski definition) is 1. The Morgan fingerprint density at radius 3 is 2.67 bits per heavy atom. The van der Waals surface area contributed by atoms with Gasteiger partial charge >= 0.3 is 0 Å². The molecule has 3 aliphatic rings. The molecule has 1 saturated heterocycles. The first-order valence-corrected chi connectivity index (χ1v) is 7.12. The molecule has 1 N–H and O–H groups in total. The second-order valence-electron chi connectivity index (χ2n) is 6.40. The highest BCUT2D eigenvalue weighted by Crippen LogP contribution is 2.64. The largest absolute Gasteiger partial charge is 0.349 e. The lowest BCUT2D eigenvalue weighted by Gasteiger charge is -2.38. The number of amides is 1. The average molecular weight is 241 g/mol. The van der Waals surface area contributed by atoms with E-state index in [0.717, 1.165) is 18.3 Å². The molecule has 2 heteroatoms. The van der Waals surface area contributed by atoms with Crippen LogP contribution in [0.3, 0.4) is 0 Å². The van der Waals surface area contributed by atoms with Crippen molar-refractivity contribution in [3.63, 3.8) is 0 Å². The zero-order valence-corrected chi connectivity index (χ0v) is 10.6. The minimum absolute atomic E-state index is 0.237. The van der Waals surface area contributed by atoms with E-state index < -0.39 is 0 Å². The normalized spacial score (nSPS) is 41.6. The summed E-state index contributed by atoms with van der Waals surface area (Å²) >= 11 is 0. The minimum atomic E-state index is 0.237. The van der Waals surface area contributed by atoms with Gasteiger partial charge in [-0.05, 0) is 36.7 Å². The summed E-state index contributed by atoms with van der Waals surface area (Å²) in [5.74, 6) is 1.91. The van der Waals surface area contributed by atoms with Gasteiger partial charge in [-0.1, -0.05) is 36.8 Å². The van der Waals surface area contributed by atoms with Gasteiger partial charge in [0.25, 0.3) is 0 Å². The molecule has 18 heavy (non-hydrogen) atoms. The third-order valence-electron chi connectivity index (χ3n) is 5.53. The molecule has 1 spiro atoms. The SMILES string of the molecule is O=C1CC2(CC3CCC2C3)C(c2ccccc2)N1. The molecule has 0 radical (unpaired) electrons. The molecular weight excluding hydrogens is 222 g/mol. The molecule has 2 bridgehead atoms. The van der Waals surface area contributed by atoms with Crippen molar-refractivity contribution in [3.05, 3.63) is 35.9 Å². The van der Waals surface area contributed by atoms with Gasteiger partial charge in [0, 0.05) is 11.8 Å². The van der Waals surface area contributed by atoms with Crippen LogP contribution in [0.5, 0.6) is 0 Å². The molecule has 0 aromatic heterocycles. The first-order valence-electron chi connectivity index (χ1n) is 7.12. The molecule has 2 saturated carbocycles. The first kappa shape index (κ1) is 10.6. The zero-order chi connectivity index (χ0) is 12.2. The molecule has 1 heterocycles. The number of carbonyl (C=O) groups excluding carboxylic acids is 1. The van der Waals surface area contributed by atoms with Crippen molar-refractivity contribution in [2.45, 2.75) is 38.1 Å². The van der Waals surface area contributed by atoms with Gasteiger partial charge in [-0.3, -0.25) is 4.79 Å². The number of rotatable bonds is 1. The second-order valence-corrected chi connectivity index (χ2v) is 6.40. The van der Waals surface area contributed by atoms with Gasteiger partial charge < -0.3 is 5.32 Å². The summed E-state index contributed by atoms with van der Waals surface area (Å²) in [5.41, 5.74) is 1.54. The number of fused-ring (bicyclic) bond motifs is 3. The van der Waals surface area contributed by atoms with Crippen molar-refractivity contribution in [2.75, 3.05) is 0 Å². The molecular formula is C16H19NO. The van der Waals surface area contributed by atoms with E-state index in [1.165, 1.54) is 31.2 Å². The lowest BCUT2D eigenvalue weighted by molar-refractivity contribution is -0.120. The van der Waals surface area contributed by atoms with Crippen LogP contribution in [0.15, 0.2) is 30.3 Å². The van der Waals surface area contributed by atoms with Crippen LogP contribution in [0.2, 0.25) is 0 Å². The van der Waals surface area contributed by atoms with E-state index in [1.807, 2.05) is 6.07 Å². The summed E-state index contributed by atoms with van der Waals surface area (Å²) in [6.07, 6.45) is 6.10. The average Bonchev–Trinajstić information content (AvgIpc) is 3.05. The van der Waals surface area contributed by atoms with Crippen molar-refractivity contribution in [1.82, 2.24) is 5.32 Å². The molecule has 2 nitrogen and oxygen atoms in total. The van der Waals surface area contributed by atoms with E-state index >= 15 is 0 Å². The lowest BCUT2D eigenvalue weighted by atomic mass is 9.66. The Morgan fingerprint density at radius 2 is 2.00 bits per heavy atom. The maximum Gasteiger partial charge on any atom is 0.221 e. The van der Waals surface area contributed by atoms with Gasteiger partial charge in [-0.25, -0.2) is 0 Å². The highest BCUT2D eigenvalue weighted by molar-refractivity contribution is 5.80. The van der Waals surface area contributed by atoms with Gasteiger partial charge in [0.05, 0.1) is 6.04 Å². The fourth-order valence-corrected chi connectivity index (χ4v) is 4.87. The maximum atomic E-state index is 12.0. The van der Waals surface area contributed by atoms with E-state index in [2.05, 4.69) is 29.6 Å². The summed E-state index contributed by atoms with van der Waals surface area (Å²) in [5, 5.41) is 3.25. The topological polar surface area (TPSA) is 29.1 Å².